The van der Waals surface area contributed by atoms with Gasteiger partial charge in [0.25, 0.3) is 0 Å². The molecule has 1 heterocycles. The van der Waals surface area contributed by atoms with Crippen LogP contribution in [-0.4, -0.2) is 35.0 Å². The molecule has 1 unspecified atom stereocenters. The van der Waals surface area contributed by atoms with Crippen LogP contribution in [-0.2, 0) is 0 Å². The molecule has 0 N–H and O–H groups in total. The molecular formula is C13H16F6N2O2. The Labute approximate surface area is 128 Å². The van der Waals surface area contributed by atoms with Crippen LogP contribution in [0, 0.1) is 5.41 Å². The van der Waals surface area contributed by atoms with E-state index >= 15 is 0 Å². The number of rotatable bonds is 6. The molecule has 10 heteroatoms. The molecule has 0 aliphatic carbocycles. The van der Waals surface area contributed by atoms with Crippen molar-refractivity contribution in [2.45, 2.75) is 45.6 Å². The number of halogens is 6. The monoisotopic (exact) mass is 346 g/mol. The topological polar surface area (TPSA) is 44.2 Å². The molecule has 1 atom stereocenters. The molecule has 0 fully saturated rings. The van der Waals surface area contributed by atoms with Crippen LogP contribution in [0.15, 0.2) is 12.4 Å². The Morgan fingerprint density at radius 1 is 1.04 bits per heavy atom. The summed E-state index contributed by atoms with van der Waals surface area (Å²) >= 11 is 0. The van der Waals surface area contributed by atoms with Gasteiger partial charge in [-0.25, -0.2) is 9.97 Å². The van der Waals surface area contributed by atoms with Gasteiger partial charge in [-0.1, -0.05) is 6.92 Å². The minimum Gasteiger partial charge on any atom is -0.476 e. The zero-order valence-electron chi connectivity index (χ0n) is 12.6. The highest BCUT2D eigenvalue weighted by molar-refractivity contribution is 5.18. The van der Waals surface area contributed by atoms with Gasteiger partial charge in [-0.05, 0) is 20.3 Å². The maximum atomic E-state index is 12.7. The van der Waals surface area contributed by atoms with E-state index in [-0.39, 0.29) is 18.9 Å². The van der Waals surface area contributed by atoms with Crippen LogP contribution in [0.5, 0.6) is 11.8 Å². The Morgan fingerprint density at radius 3 is 2.04 bits per heavy atom. The van der Waals surface area contributed by atoms with Crippen molar-refractivity contribution in [2.24, 2.45) is 5.41 Å². The van der Waals surface area contributed by atoms with Gasteiger partial charge >= 0.3 is 12.4 Å². The van der Waals surface area contributed by atoms with Crippen LogP contribution >= 0.6 is 0 Å². The summed E-state index contributed by atoms with van der Waals surface area (Å²) in [6, 6.07) is 1.04. The lowest BCUT2D eigenvalue weighted by Crippen LogP contribution is -2.51. The van der Waals surface area contributed by atoms with E-state index in [0.717, 1.165) is 12.4 Å². The van der Waals surface area contributed by atoms with E-state index in [1.54, 1.807) is 6.92 Å². The number of hydrogen-bond acceptors (Lipinski definition) is 4. The number of aromatic nitrogens is 2. The average molecular weight is 346 g/mol. The van der Waals surface area contributed by atoms with Gasteiger partial charge in [-0.15, -0.1) is 0 Å². The van der Waals surface area contributed by atoms with Gasteiger partial charge in [0.05, 0.1) is 12.2 Å². The molecule has 23 heavy (non-hydrogen) atoms. The first-order chi connectivity index (χ1) is 10.4. The third-order valence-corrected chi connectivity index (χ3v) is 3.27. The highest BCUT2D eigenvalue weighted by atomic mass is 19.4. The van der Waals surface area contributed by atoms with Gasteiger partial charge in [-0.2, -0.15) is 26.3 Å². The number of ether oxygens (including phenoxy) is 2. The third kappa shape index (κ3) is 4.61. The first kappa shape index (κ1) is 19.3. The summed E-state index contributed by atoms with van der Waals surface area (Å²) in [5.74, 6) is -0.428. The summed E-state index contributed by atoms with van der Waals surface area (Å²) in [6.07, 6.45) is -9.69. The van der Waals surface area contributed by atoms with Crippen LogP contribution in [0.1, 0.15) is 27.2 Å². The highest BCUT2D eigenvalue weighted by Crippen LogP contribution is 2.50. The van der Waals surface area contributed by atoms with E-state index in [9.17, 15) is 26.3 Å². The molecule has 0 aliphatic heterocycles. The van der Waals surface area contributed by atoms with Crippen LogP contribution in [0.3, 0.4) is 0 Å². The van der Waals surface area contributed by atoms with Crippen molar-refractivity contribution >= 4 is 0 Å². The lowest BCUT2D eigenvalue weighted by atomic mass is 9.90. The Hall–Kier alpha value is -1.74. The summed E-state index contributed by atoms with van der Waals surface area (Å²) in [5, 5.41) is 0. The molecule has 0 amide bonds. The molecule has 0 aromatic carbocycles. The van der Waals surface area contributed by atoms with Crippen LogP contribution in [0.2, 0.25) is 0 Å². The molecule has 0 saturated carbocycles. The largest absolute Gasteiger partial charge is 0.476 e. The van der Waals surface area contributed by atoms with Crippen LogP contribution in [0.25, 0.3) is 0 Å². The number of hydrogen-bond donors (Lipinski definition) is 0. The van der Waals surface area contributed by atoms with Gasteiger partial charge < -0.3 is 9.47 Å². The zero-order valence-corrected chi connectivity index (χ0v) is 12.6. The van der Waals surface area contributed by atoms with Gasteiger partial charge in [0.15, 0.2) is 5.41 Å². The first-order valence-corrected chi connectivity index (χ1v) is 6.65. The molecule has 1 aromatic rings. The lowest BCUT2D eigenvalue weighted by molar-refractivity contribution is -0.340. The normalized spacial score (nSPS) is 14.5. The van der Waals surface area contributed by atoms with E-state index < -0.39 is 30.3 Å². The molecule has 0 saturated heterocycles. The quantitative estimate of drug-likeness (QED) is 0.726. The standard InChI is InChI=1S/C13H16F6N2O2/c1-4-8(2)23-10-5-9(20-7-21-10)22-6-11(3,12(14,15)16)13(17,18)19/h5,7-8H,4,6H2,1-3H3. The van der Waals surface area contributed by atoms with Crippen molar-refractivity contribution in [1.29, 1.82) is 0 Å². The molecule has 1 aromatic heterocycles. The smallest absolute Gasteiger partial charge is 0.406 e. The van der Waals surface area contributed by atoms with E-state index in [2.05, 4.69) is 14.7 Å². The maximum Gasteiger partial charge on any atom is 0.406 e. The maximum absolute atomic E-state index is 12.7. The minimum absolute atomic E-state index is 0.00469. The second-order valence-electron chi connectivity index (χ2n) is 5.15. The predicted octanol–water partition coefficient (Wildman–Crippen LogP) is 4.16. The second-order valence-corrected chi connectivity index (χ2v) is 5.15. The van der Waals surface area contributed by atoms with E-state index in [1.165, 1.54) is 0 Å². The predicted molar refractivity (Wildman–Crippen MR) is 68.1 cm³/mol. The van der Waals surface area contributed by atoms with Crippen LogP contribution < -0.4 is 9.47 Å². The molecule has 132 valence electrons. The molecule has 0 spiro atoms. The SMILES string of the molecule is CCC(C)Oc1cc(OCC(C)(C(F)(F)F)C(F)(F)F)ncn1. The second kappa shape index (κ2) is 6.79. The van der Waals surface area contributed by atoms with Crippen molar-refractivity contribution in [3.05, 3.63) is 12.4 Å². The van der Waals surface area contributed by atoms with Crippen molar-refractivity contribution in [3.8, 4) is 11.8 Å². The molecule has 4 nitrogen and oxygen atoms in total. The van der Waals surface area contributed by atoms with Crippen LogP contribution in [0.4, 0.5) is 26.3 Å². The fourth-order valence-corrected chi connectivity index (χ4v) is 1.30. The third-order valence-electron chi connectivity index (χ3n) is 3.27. The molecular weight excluding hydrogens is 330 g/mol. The molecule has 0 bridgehead atoms. The van der Waals surface area contributed by atoms with Crippen molar-refractivity contribution in [3.63, 3.8) is 0 Å². The lowest BCUT2D eigenvalue weighted by Gasteiger charge is -2.33. The fourth-order valence-electron chi connectivity index (χ4n) is 1.30. The number of alkyl halides is 6. The van der Waals surface area contributed by atoms with Gasteiger partial charge in [0.1, 0.15) is 12.9 Å². The highest BCUT2D eigenvalue weighted by Gasteiger charge is 2.68. The van der Waals surface area contributed by atoms with Gasteiger partial charge in [-0.3, -0.25) is 0 Å². The summed E-state index contributed by atoms with van der Waals surface area (Å²) < 4.78 is 86.4. The van der Waals surface area contributed by atoms with Crippen molar-refractivity contribution in [1.82, 2.24) is 9.97 Å². The van der Waals surface area contributed by atoms with Crippen molar-refractivity contribution < 1.29 is 35.8 Å². The summed E-state index contributed by atoms with van der Waals surface area (Å²) in [4.78, 5) is 7.20. The summed E-state index contributed by atoms with van der Waals surface area (Å²) in [6.45, 7) is 1.94. The number of nitrogens with zero attached hydrogens (tertiary/aromatic N) is 2. The van der Waals surface area contributed by atoms with E-state index in [0.29, 0.717) is 6.42 Å². The fraction of sp³-hybridized carbons (Fsp3) is 0.692. The zero-order chi connectivity index (χ0) is 17.9. The Bertz CT molecular complexity index is 504. The first-order valence-electron chi connectivity index (χ1n) is 6.65. The van der Waals surface area contributed by atoms with E-state index in [1.807, 2.05) is 6.92 Å². The molecule has 1 rings (SSSR count). The van der Waals surface area contributed by atoms with E-state index in [4.69, 9.17) is 4.74 Å². The van der Waals surface area contributed by atoms with Gasteiger partial charge in [0, 0.05) is 0 Å². The Kier molecular flexibility index (Phi) is 5.70. The Balaban J connectivity index is 2.89. The minimum atomic E-state index is -5.52. The molecule has 0 aliphatic rings. The van der Waals surface area contributed by atoms with Crippen molar-refractivity contribution in [2.75, 3.05) is 6.61 Å². The Morgan fingerprint density at radius 2 is 1.57 bits per heavy atom. The summed E-state index contributed by atoms with van der Waals surface area (Å²) in [5.41, 5.74) is -4.01. The molecule has 0 radical (unpaired) electrons. The van der Waals surface area contributed by atoms with Gasteiger partial charge in [0.2, 0.25) is 11.8 Å². The summed E-state index contributed by atoms with van der Waals surface area (Å²) in [7, 11) is 0. The average Bonchev–Trinajstić information content (AvgIpc) is 2.42.